The Morgan fingerprint density at radius 3 is 3.24 bits per heavy atom. The van der Waals surface area contributed by atoms with Gasteiger partial charge < -0.3 is 10.1 Å². The molecule has 7 heteroatoms. The molecular formula is C10H15N5OS. The first kappa shape index (κ1) is 11.1. The maximum atomic E-state index is 5.07. The lowest BCUT2D eigenvalue weighted by atomic mass is 10.1. The van der Waals surface area contributed by atoms with Gasteiger partial charge in [0.2, 0.25) is 4.96 Å². The molecule has 1 aliphatic rings. The Morgan fingerprint density at radius 1 is 1.53 bits per heavy atom. The summed E-state index contributed by atoms with van der Waals surface area (Å²) in [6, 6.07) is 0. The summed E-state index contributed by atoms with van der Waals surface area (Å²) in [7, 11) is 1.65. The highest BCUT2D eigenvalue weighted by Crippen LogP contribution is 2.20. The van der Waals surface area contributed by atoms with E-state index in [1.165, 1.54) is 6.42 Å². The van der Waals surface area contributed by atoms with Crippen LogP contribution in [-0.2, 0) is 17.8 Å². The molecule has 1 atom stereocenters. The van der Waals surface area contributed by atoms with E-state index in [0.717, 1.165) is 35.3 Å². The van der Waals surface area contributed by atoms with Crippen LogP contribution in [-0.4, -0.2) is 40.0 Å². The summed E-state index contributed by atoms with van der Waals surface area (Å²) in [5.41, 5.74) is 0. The average molecular weight is 253 g/mol. The molecule has 0 spiro atoms. The highest BCUT2D eigenvalue weighted by atomic mass is 32.1. The first-order valence-electron chi connectivity index (χ1n) is 5.76. The molecule has 1 saturated heterocycles. The van der Waals surface area contributed by atoms with Crippen molar-refractivity contribution >= 4 is 16.3 Å². The zero-order chi connectivity index (χ0) is 11.7. The summed E-state index contributed by atoms with van der Waals surface area (Å²) in [6.45, 7) is 2.68. The second-order valence-electron chi connectivity index (χ2n) is 4.30. The van der Waals surface area contributed by atoms with E-state index in [4.69, 9.17) is 4.74 Å². The van der Waals surface area contributed by atoms with Gasteiger partial charge in [0.25, 0.3) is 0 Å². The molecule has 3 heterocycles. The molecule has 0 aliphatic carbocycles. The molecule has 2 aromatic rings. The number of aromatic nitrogens is 4. The van der Waals surface area contributed by atoms with Crippen molar-refractivity contribution in [2.45, 2.75) is 19.4 Å². The van der Waals surface area contributed by atoms with E-state index in [0.29, 0.717) is 12.5 Å². The van der Waals surface area contributed by atoms with Gasteiger partial charge in [0.15, 0.2) is 5.82 Å². The Morgan fingerprint density at radius 2 is 2.47 bits per heavy atom. The molecule has 3 rings (SSSR count). The fraction of sp³-hybridized carbons (Fsp3) is 0.700. The second kappa shape index (κ2) is 4.67. The minimum Gasteiger partial charge on any atom is -0.377 e. The van der Waals surface area contributed by atoms with Crippen LogP contribution in [0.4, 0.5) is 0 Å². The van der Waals surface area contributed by atoms with Gasteiger partial charge in [-0.3, -0.25) is 0 Å². The van der Waals surface area contributed by atoms with Crippen LogP contribution in [0.5, 0.6) is 0 Å². The number of rotatable bonds is 4. The van der Waals surface area contributed by atoms with Crippen LogP contribution in [0.25, 0.3) is 4.96 Å². The number of hydrogen-bond donors (Lipinski definition) is 1. The van der Waals surface area contributed by atoms with Crippen molar-refractivity contribution in [1.29, 1.82) is 0 Å². The average Bonchev–Trinajstić information content (AvgIpc) is 2.99. The number of methoxy groups -OCH3 is 1. The highest BCUT2D eigenvalue weighted by molar-refractivity contribution is 7.16. The van der Waals surface area contributed by atoms with Gasteiger partial charge in [0.05, 0.1) is 0 Å². The summed E-state index contributed by atoms with van der Waals surface area (Å²) < 4.78 is 6.87. The number of nitrogens with zero attached hydrogens (tertiary/aromatic N) is 4. The number of ether oxygens (including phenoxy) is 1. The van der Waals surface area contributed by atoms with Crippen molar-refractivity contribution < 1.29 is 4.74 Å². The summed E-state index contributed by atoms with van der Waals surface area (Å²) in [5, 5.41) is 17.2. The van der Waals surface area contributed by atoms with E-state index < -0.39 is 0 Å². The van der Waals surface area contributed by atoms with E-state index in [1.54, 1.807) is 23.0 Å². The second-order valence-corrected chi connectivity index (χ2v) is 5.34. The van der Waals surface area contributed by atoms with Crippen LogP contribution in [0, 0.1) is 5.92 Å². The Bertz CT molecular complexity index is 502. The van der Waals surface area contributed by atoms with Crippen molar-refractivity contribution in [2.24, 2.45) is 5.92 Å². The third kappa shape index (κ3) is 2.18. The fourth-order valence-corrected chi connectivity index (χ4v) is 3.10. The predicted molar refractivity (Wildman–Crippen MR) is 64.1 cm³/mol. The van der Waals surface area contributed by atoms with Crippen LogP contribution in [0.2, 0.25) is 0 Å². The van der Waals surface area contributed by atoms with Crippen molar-refractivity contribution in [3.05, 3.63) is 10.8 Å². The lowest BCUT2D eigenvalue weighted by molar-refractivity contribution is 0.176. The van der Waals surface area contributed by atoms with E-state index in [2.05, 4.69) is 20.6 Å². The SMILES string of the molecule is COCc1nnc2sc(CC3CCNC3)nn12. The zero-order valence-electron chi connectivity index (χ0n) is 9.72. The fourth-order valence-electron chi connectivity index (χ4n) is 2.13. The summed E-state index contributed by atoms with van der Waals surface area (Å²) in [5.74, 6) is 1.49. The van der Waals surface area contributed by atoms with Gasteiger partial charge in [-0.15, -0.1) is 10.2 Å². The van der Waals surface area contributed by atoms with Gasteiger partial charge in [-0.25, -0.2) is 0 Å². The van der Waals surface area contributed by atoms with E-state index in [1.807, 2.05) is 0 Å². The smallest absolute Gasteiger partial charge is 0.234 e. The van der Waals surface area contributed by atoms with Crippen LogP contribution >= 0.6 is 11.3 Å². The highest BCUT2D eigenvalue weighted by Gasteiger charge is 2.18. The lowest BCUT2D eigenvalue weighted by Crippen LogP contribution is -2.10. The minimum absolute atomic E-state index is 0.454. The van der Waals surface area contributed by atoms with E-state index >= 15 is 0 Å². The predicted octanol–water partition coefficient (Wildman–Crippen LogP) is 0.484. The number of hydrogen-bond acceptors (Lipinski definition) is 6. The van der Waals surface area contributed by atoms with E-state index in [-0.39, 0.29) is 0 Å². The first-order chi connectivity index (χ1) is 8.36. The molecule has 92 valence electrons. The topological polar surface area (TPSA) is 64.3 Å². The van der Waals surface area contributed by atoms with Gasteiger partial charge in [0, 0.05) is 13.5 Å². The molecule has 1 unspecified atom stereocenters. The maximum Gasteiger partial charge on any atom is 0.234 e. The van der Waals surface area contributed by atoms with Gasteiger partial charge in [-0.2, -0.15) is 9.61 Å². The number of nitrogens with one attached hydrogen (secondary N) is 1. The largest absolute Gasteiger partial charge is 0.377 e. The monoisotopic (exact) mass is 253 g/mol. The van der Waals surface area contributed by atoms with Gasteiger partial charge in [0.1, 0.15) is 11.6 Å². The molecule has 2 aromatic heterocycles. The molecule has 1 aliphatic heterocycles. The quantitative estimate of drug-likeness (QED) is 0.859. The molecule has 0 bridgehead atoms. The third-order valence-electron chi connectivity index (χ3n) is 3.00. The first-order valence-corrected chi connectivity index (χ1v) is 6.58. The van der Waals surface area contributed by atoms with Gasteiger partial charge in [-0.1, -0.05) is 11.3 Å². The van der Waals surface area contributed by atoms with Gasteiger partial charge in [-0.05, 0) is 25.4 Å². The number of fused-ring (bicyclic) bond motifs is 1. The summed E-state index contributed by atoms with van der Waals surface area (Å²) in [6.07, 6.45) is 2.28. The van der Waals surface area contributed by atoms with Crippen LogP contribution in [0.15, 0.2) is 0 Å². The van der Waals surface area contributed by atoms with Crippen molar-refractivity contribution in [3.63, 3.8) is 0 Å². The molecule has 1 fully saturated rings. The molecule has 6 nitrogen and oxygen atoms in total. The summed E-state index contributed by atoms with van der Waals surface area (Å²) in [4.78, 5) is 0.859. The Labute approximate surface area is 103 Å². The Balaban J connectivity index is 1.80. The van der Waals surface area contributed by atoms with Gasteiger partial charge >= 0.3 is 0 Å². The van der Waals surface area contributed by atoms with Crippen molar-refractivity contribution in [1.82, 2.24) is 25.1 Å². The molecule has 0 amide bonds. The molecular weight excluding hydrogens is 238 g/mol. The molecule has 1 N–H and O–H groups in total. The van der Waals surface area contributed by atoms with E-state index in [9.17, 15) is 0 Å². The standard InChI is InChI=1S/C10H15N5OS/c1-16-6-8-12-13-10-15(8)14-9(17-10)4-7-2-3-11-5-7/h7,11H,2-6H2,1H3. The summed E-state index contributed by atoms with van der Waals surface area (Å²) >= 11 is 1.63. The Kier molecular flexibility index (Phi) is 3.04. The Hall–Kier alpha value is -1.05. The molecule has 0 saturated carbocycles. The molecule has 0 aromatic carbocycles. The van der Waals surface area contributed by atoms with Crippen molar-refractivity contribution in [3.8, 4) is 0 Å². The normalized spacial score (nSPS) is 20.4. The lowest BCUT2D eigenvalue weighted by Gasteiger charge is -2.03. The van der Waals surface area contributed by atoms with Crippen LogP contribution in [0.3, 0.4) is 0 Å². The van der Waals surface area contributed by atoms with Crippen LogP contribution < -0.4 is 5.32 Å². The zero-order valence-corrected chi connectivity index (χ0v) is 10.5. The third-order valence-corrected chi connectivity index (χ3v) is 3.92. The molecule has 0 radical (unpaired) electrons. The maximum absolute atomic E-state index is 5.07. The van der Waals surface area contributed by atoms with Crippen LogP contribution in [0.1, 0.15) is 17.3 Å². The minimum atomic E-state index is 0.454. The van der Waals surface area contributed by atoms with Crippen molar-refractivity contribution in [2.75, 3.05) is 20.2 Å². The molecule has 17 heavy (non-hydrogen) atoms.